The molecule has 1 heterocycles. The number of hydrogen-bond donors (Lipinski definition) is 2. The van der Waals surface area contributed by atoms with E-state index >= 15 is 0 Å². The molecule has 0 aromatic heterocycles. The number of carbonyl (C=O) groups excluding carboxylic acids is 1. The molecule has 10 heavy (non-hydrogen) atoms. The molecule has 56 valence electrons. The van der Waals surface area contributed by atoms with Gasteiger partial charge in [0.2, 0.25) is 5.91 Å². The maximum absolute atomic E-state index is 10.6. The second kappa shape index (κ2) is 2.28. The zero-order valence-electron chi connectivity index (χ0n) is 5.63. The molecule has 0 aromatic carbocycles. The topological polar surface area (TPSA) is 66.4 Å². The fraction of sp³-hybridized carbons (Fsp3) is 0.667. The van der Waals surface area contributed by atoms with Crippen LogP contribution in [0.15, 0.2) is 0 Å². The van der Waals surface area contributed by atoms with Gasteiger partial charge < -0.3 is 10.4 Å². The average molecular weight is 143 g/mol. The lowest BCUT2D eigenvalue weighted by atomic mass is 9.88. The molecule has 1 saturated heterocycles. The molecule has 1 amide bonds. The maximum atomic E-state index is 10.6. The van der Waals surface area contributed by atoms with Crippen molar-refractivity contribution in [3.8, 4) is 0 Å². The average Bonchev–Trinajstić information content (AvgIpc) is 1.83. The summed E-state index contributed by atoms with van der Waals surface area (Å²) in [5.74, 6) is -1.39. The van der Waals surface area contributed by atoms with Crippen LogP contribution in [0, 0.1) is 5.92 Å². The Morgan fingerprint density at radius 1 is 1.80 bits per heavy atom. The highest BCUT2D eigenvalue weighted by atomic mass is 16.4. The largest absolute Gasteiger partial charge is 0.480 e. The zero-order chi connectivity index (χ0) is 7.72. The third-order valence-electron chi connectivity index (χ3n) is 1.74. The van der Waals surface area contributed by atoms with Crippen LogP contribution in [0.3, 0.4) is 0 Å². The monoisotopic (exact) mass is 143 g/mol. The minimum atomic E-state index is -0.938. The van der Waals surface area contributed by atoms with Crippen molar-refractivity contribution < 1.29 is 14.7 Å². The van der Waals surface area contributed by atoms with Gasteiger partial charge in [0.15, 0.2) is 0 Å². The molecule has 0 radical (unpaired) electrons. The number of aliphatic carboxylic acids is 1. The lowest BCUT2D eigenvalue weighted by molar-refractivity contribution is -0.153. The Balaban J connectivity index is 2.53. The van der Waals surface area contributed by atoms with Gasteiger partial charge in [0, 0.05) is 0 Å². The number of amides is 1. The molecule has 2 N–H and O–H groups in total. The summed E-state index contributed by atoms with van der Waals surface area (Å²) < 4.78 is 0. The van der Waals surface area contributed by atoms with Gasteiger partial charge in [-0.15, -0.1) is 0 Å². The highest BCUT2D eigenvalue weighted by Crippen LogP contribution is 2.18. The minimum Gasteiger partial charge on any atom is -0.480 e. The van der Waals surface area contributed by atoms with Gasteiger partial charge in [-0.1, -0.05) is 6.92 Å². The highest BCUT2D eigenvalue weighted by Gasteiger charge is 2.42. The molecule has 1 aliphatic rings. The van der Waals surface area contributed by atoms with E-state index in [2.05, 4.69) is 5.32 Å². The summed E-state index contributed by atoms with van der Waals surface area (Å²) in [6.07, 6.45) is 0.600. The molecule has 2 unspecified atom stereocenters. The van der Waals surface area contributed by atoms with Crippen LogP contribution in [0.2, 0.25) is 0 Å². The minimum absolute atomic E-state index is 0.144. The Morgan fingerprint density at radius 2 is 2.40 bits per heavy atom. The van der Waals surface area contributed by atoms with Gasteiger partial charge in [-0.2, -0.15) is 0 Å². The Kier molecular flexibility index (Phi) is 1.61. The molecule has 0 aliphatic carbocycles. The first-order valence-corrected chi connectivity index (χ1v) is 3.20. The van der Waals surface area contributed by atoms with Gasteiger partial charge in [0.1, 0.15) is 6.04 Å². The summed E-state index contributed by atoms with van der Waals surface area (Å²) in [7, 11) is 0. The highest BCUT2D eigenvalue weighted by molar-refractivity contribution is 5.96. The lowest BCUT2D eigenvalue weighted by Crippen LogP contribution is -2.61. The molecule has 0 saturated carbocycles. The van der Waals surface area contributed by atoms with E-state index in [4.69, 9.17) is 5.11 Å². The Morgan fingerprint density at radius 3 is 2.60 bits per heavy atom. The van der Waals surface area contributed by atoms with Crippen molar-refractivity contribution in [1.82, 2.24) is 5.32 Å². The third kappa shape index (κ3) is 0.853. The SMILES string of the molecule is CCC1C(=O)NC1C(=O)O. The number of rotatable bonds is 2. The van der Waals surface area contributed by atoms with Gasteiger partial charge in [0.05, 0.1) is 5.92 Å². The number of carboxylic acids is 1. The maximum Gasteiger partial charge on any atom is 0.327 e. The predicted octanol–water partition coefficient (Wildman–Crippen LogP) is -0.404. The molecular weight excluding hydrogens is 134 g/mol. The lowest BCUT2D eigenvalue weighted by Gasteiger charge is -2.32. The molecular formula is C6H9NO3. The Hall–Kier alpha value is -1.06. The first-order chi connectivity index (χ1) is 4.66. The molecule has 1 rings (SSSR count). The van der Waals surface area contributed by atoms with Gasteiger partial charge >= 0.3 is 5.97 Å². The van der Waals surface area contributed by atoms with Crippen molar-refractivity contribution in [2.45, 2.75) is 19.4 Å². The zero-order valence-corrected chi connectivity index (χ0v) is 5.63. The predicted molar refractivity (Wildman–Crippen MR) is 33.3 cm³/mol. The van der Waals surface area contributed by atoms with Gasteiger partial charge in [-0.05, 0) is 6.42 Å². The number of hydrogen-bond acceptors (Lipinski definition) is 2. The van der Waals surface area contributed by atoms with E-state index in [0.717, 1.165) is 0 Å². The van der Waals surface area contributed by atoms with Crippen LogP contribution in [0.25, 0.3) is 0 Å². The number of β-lactam (4-membered cyclic amide) rings is 1. The summed E-state index contributed by atoms with van der Waals surface area (Å²) in [6.45, 7) is 1.80. The number of nitrogens with one attached hydrogen (secondary N) is 1. The van der Waals surface area contributed by atoms with Crippen LogP contribution in [-0.4, -0.2) is 23.0 Å². The van der Waals surface area contributed by atoms with E-state index in [9.17, 15) is 9.59 Å². The second-order valence-electron chi connectivity index (χ2n) is 2.34. The number of carboxylic acid groups (broad SMARTS) is 1. The third-order valence-corrected chi connectivity index (χ3v) is 1.74. The van der Waals surface area contributed by atoms with Crippen LogP contribution < -0.4 is 5.32 Å². The van der Waals surface area contributed by atoms with Crippen LogP contribution in [-0.2, 0) is 9.59 Å². The summed E-state index contributed by atoms with van der Waals surface area (Å²) in [4.78, 5) is 20.9. The van der Waals surface area contributed by atoms with E-state index in [1.807, 2.05) is 0 Å². The summed E-state index contributed by atoms with van der Waals surface area (Å²) in [5.41, 5.74) is 0. The standard InChI is InChI=1S/C6H9NO3/c1-2-3-4(6(9)10)7-5(3)8/h3-4H,2H2,1H3,(H,7,8)(H,9,10). The van der Waals surface area contributed by atoms with E-state index < -0.39 is 12.0 Å². The van der Waals surface area contributed by atoms with Crippen LogP contribution in [0.4, 0.5) is 0 Å². The number of carbonyl (C=O) groups is 2. The summed E-state index contributed by atoms with van der Waals surface area (Å²) in [6, 6.07) is -0.641. The van der Waals surface area contributed by atoms with E-state index in [-0.39, 0.29) is 11.8 Å². The van der Waals surface area contributed by atoms with Crippen molar-refractivity contribution in [3.05, 3.63) is 0 Å². The Labute approximate surface area is 58.2 Å². The van der Waals surface area contributed by atoms with Crippen LogP contribution in [0.5, 0.6) is 0 Å². The molecule has 0 bridgehead atoms. The van der Waals surface area contributed by atoms with Crippen molar-refractivity contribution in [2.24, 2.45) is 5.92 Å². The Bertz CT molecular complexity index is 170. The first kappa shape index (κ1) is 7.05. The fourth-order valence-corrected chi connectivity index (χ4v) is 1.07. The smallest absolute Gasteiger partial charge is 0.327 e. The molecule has 1 aliphatic heterocycles. The van der Waals surface area contributed by atoms with E-state index in [1.54, 1.807) is 6.92 Å². The molecule has 4 heteroatoms. The van der Waals surface area contributed by atoms with Gasteiger partial charge in [-0.25, -0.2) is 4.79 Å². The van der Waals surface area contributed by atoms with Gasteiger partial charge in [-0.3, -0.25) is 4.79 Å². The summed E-state index contributed by atoms with van der Waals surface area (Å²) in [5, 5.41) is 10.7. The van der Waals surface area contributed by atoms with E-state index in [0.29, 0.717) is 6.42 Å². The van der Waals surface area contributed by atoms with Gasteiger partial charge in [0.25, 0.3) is 0 Å². The molecule has 1 fully saturated rings. The quantitative estimate of drug-likeness (QED) is 0.517. The molecule has 4 nitrogen and oxygen atoms in total. The summed E-state index contributed by atoms with van der Waals surface area (Å²) >= 11 is 0. The molecule has 0 aromatic rings. The van der Waals surface area contributed by atoms with Crippen molar-refractivity contribution in [2.75, 3.05) is 0 Å². The molecule has 0 spiro atoms. The molecule has 2 atom stereocenters. The normalized spacial score (nSPS) is 30.7. The second-order valence-corrected chi connectivity index (χ2v) is 2.34. The van der Waals surface area contributed by atoms with Crippen LogP contribution in [0.1, 0.15) is 13.3 Å². The van der Waals surface area contributed by atoms with Crippen LogP contribution >= 0.6 is 0 Å². The van der Waals surface area contributed by atoms with E-state index in [1.165, 1.54) is 0 Å². The first-order valence-electron chi connectivity index (χ1n) is 3.20. The van der Waals surface area contributed by atoms with Crippen molar-refractivity contribution >= 4 is 11.9 Å². The van der Waals surface area contributed by atoms with Crippen molar-refractivity contribution in [3.63, 3.8) is 0 Å². The fourth-order valence-electron chi connectivity index (χ4n) is 1.07. The van der Waals surface area contributed by atoms with Crippen molar-refractivity contribution in [1.29, 1.82) is 0 Å².